The van der Waals surface area contributed by atoms with Crippen molar-refractivity contribution < 1.29 is 9.53 Å². The summed E-state index contributed by atoms with van der Waals surface area (Å²) in [6.07, 6.45) is 2.86. The maximum atomic E-state index is 11.9. The largest absolute Gasteiger partial charge is 0.373 e. The normalized spacial score (nSPS) is 16.6. The van der Waals surface area contributed by atoms with E-state index in [4.69, 9.17) is 4.74 Å². The molecule has 0 aliphatic carbocycles. The predicted octanol–water partition coefficient (Wildman–Crippen LogP) is 1.55. The van der Waals surface area contributed by atoms with Gasteiger partial charge in [0, 0.05) is 24.5 Å². The molecule has 2 heterocycles. The van der Waals surface area contributed by atoms with Crippen LogP contribution in [0.15, 0.2) is 12.3 Å². The van der Waals surface area contributed by atoms with Gasteiger partial charge in [-0.15, -0.1) is 0 Å². The van der Waals surface area contributed by atoms with E-state index in [-0.39, 0.29) is 11.9 Å². The highest BCUT2D eigenvalue weighted by molar-refractivity contribution is 5.94. The molecule has 4 nitrogen and oxygen atoms in total. The second-order valence-electron chi connectivity index (χ2n) is 4.25. The summed E-state index contributed by atoms with van der Waals surface area (Å²) in [6.45, 7) is 6.25. The summed E-state index contributed by atoms with van der Waals surface area (Å²) in [5, 5.41) is 2.96. The van der Waals surface area contributed by atoms with E-state index in [1.807, 2.05) is 19.2 Å². The van der Waals surface area contributed by atoms with Crippen molar-refractivity contribution in [2.75, 3.05) is 6.61 Å². The van der Waals surface area contributed by atoms with Gasteiger partial charge < -0.3 is 14.6 Å². The van der Waals surface area contributed by atoms with E-state index < -0.39 is 0 Å². The average molecular weight is 222 g/mol. The Balaban J connectivity index is 2.09. The van der Waals surface area contributed by atoms with Crippen molar-refractivity contribution in [3.05, 3.63) is 23.5 Å². The predicted molar refractivity (Wildman–Crippen MR) is 61.3 cm³/mol. The third kappa shape index (κ3) is 2.27. The molecule has 0 aromatic carbocycles. The van der Waals surface area contributed by atoms with Gasteiger partial charge in [0.15, 0.2) is 0 Å². The first-order chi connectivity index (χ1) is 7.70. The molecule has 0 fully saturated rings. The fraction of sp³-hybridized carbons (Fsp3) is 0.583. The molecule has 1 aliphatic rings. The van der Waals surface area contributed by atoms with Gasteiger partial charge >= 0.3 is 0 Å². The summed E-state index contributed by atoms with van der Waals surface area (Å²) < 4.78 is 7.43. The second kappa shape index (κ2) is 4.70. The number of ether oxygens (including phenoxy) is 1. The third-order valence-corrected chi connectivity index (χ3v) is 2.96. The zero-order valence-electron chi connectivity index (χ0n) is 9.82. The second-order valence-corrected chi connectivity index (χ2v) is 4.25. The summed E-state index contributed by atoms with van der Waals surface area (Å²) >= 11 is 0. The Bertz CT molecular complexity index is 361. The quantitative estimate of drug-likeness (QED) is 0.843. The summed E-state index contributed by atoms with van der Waals surface area (Å²) in [5.41, 5.74) is 1.82. The molecule has 1 aliphatic heterocycles. The first kappa shape index (κ1) is 11.2. The standard InChI is InChI=1S/C12H18N2O2/c1-3-9(2)13-12(15)10-6-11-8-16-5-4-14(11)7-10/h6-7,9H,3-5,8H2,1-2H3,(H,13,15)/t9-/m1/s1. The van der Waals surface area contributed by atoms with Crippen molar-refractivity contribution >= 4 is 5.91 Å². The highest BCUT2D eigenvalue weighted by atomic mass is 16.5. The van der Waals surface area contributed by atoms with E-state index in [0.29, 0.717) is 6.61 Å². The van der Waals surface area contributed by atoms with Gasteiger partial charge in [0.1, 0.15) is 0 Å². The Morgan fingerprint density at radius 3 is 3.19 bits per heavy atom. The lowest BCUT2D eigenvalue weighted by molar-refractivity contribution is 0.0850. The van der Waals surface area contributed by atoms with Gasteiger partial charge in [-0.3, -0.25) is 4.79 Å². The van der Waals surface area contributed by atoms with Crippen molar-refractivity contribution in [1.29, 1.82) is 0 Å². The van der Waals surface area contributed by atoms with Crippen LogP contribution in [0.1, 0.15) is 36.3 Å². The van der Waals surface area contributed by atoms with Crippen LogP contribution in [0, 0.1) is 0 Å². The monoisotopic (exact) mass is 222 g/mol. The number of amides is 1. The van der Waals surface area contributed by atoms with Gasteiger partial charge in [-0.2, -0.15) is 0 Å². The van der Waals surface area contributed by atoms with Crippen LogP contribution < -0.4 is 5.32 Å². The third-order valence-electron chi connectivity index (χ3n) is 2.96. The number of hydrogen-bond acceptors (Lipinski definition) is 2. The Labute approximate surface area is 95.6 Å². The van der Waals surface area contributed by atoms with Gasteiger partial charge in [-0.05, 0) is 19.4 Å². The molecule has 1 aromatic rings. The topological polar surface area (TPSA) is 43.3 Å². The van der Waals surface area contributed by atoms with Crippen molar-refractivity contribution in [3.63, 3.8) is 0 Å². The molecule has 16 heavy (non-hydrogen) atoms. The molecular formula is C12H18N2O2. The molecule has 1 atom stereocenters. The van der Waals surface area contributed by atoms with Gasteiger partial charge in [0.25, 0.3) is 5.91 Å². The molecule has 0 radical (unpaired) electrons. The van der Waals surface area contributed by atoms with E-state index in [1.54, 1.807) is 0 Å². The summed E-state index contributed by atoms with van der Waals surface area (Å²) in [4.78, 5) is 11.9. The van der Waals surface area contributed by atoms with Crippen LogP contribution in [0.2, 0.25) is 0 Å². The maximum absolute atomic E-state index is 11.9. The lowest BCUT2D eigenvalue weighted by atomic mass is 10.2. The number of hydrogen-bond donors (Lipinski definition) is 1. The molecule has 2 rings (SSSR count). The van der Waals surface area contributed by atoms with Crippen LogP contribution in [-0.2, 0) is 17.9 Å². The van der Waals surface area contributed by atoms with E-state index >= 15 is 0 Å². The smallest absolute Gasteiger partial charge is 0.253 e. The van der Waals surface area contributed by atoms with Gasteiger partial charge in [-0.25, -0.2) is 0 Å². The Morgan fingerprint density at radius 2 is 2.50 bits per heavy atom. The van der Waals surface area contributed by atoms with Crippen molar-refractivity contribution in [2.24, 2.45) is 0 Å². The van der Waals surface area contributed by atoms with Crippen LogP contribution in [0.3, 0.4) is 0 Å². The average Bonchev–Trinajstić information content (AvgIpc) is 2.72. The number of aromatic nitrogens is 1. The number of carbonyl (C=O) groups excluding carboxylic acids is 1. The van der Waals surface area contributed by atoms with Crippen LogP contribution in [0.5, 0.6) is 0 Å². The molecule has 4 heteroatoms. The minimum absolute atomic E-state index is 0.0104. The Kier molecular flexibility index (Phi) is 3.29. The van der Waals surface area contributed by atoms with Crippen molar-refractivity contribution in [1.82, 2.24) is 9.88 Å². The summed E-state index contributed by atoms with van der Waals surface area (Å²) in [6, 6.07) is 2.14. The van der Waals surface area contributed by atoms with Crippen LogP contribution in [-0.4, -0.2) is 23.1 Å². The lowest BCUT2D eigenvalue weighted by Gasteiger charge is -2.14. The van der Waals surface area contributed by atoms with E-state index in [1.165, 1.54) is 0 Å². The molecule has 1 amide bonds. The molecular weight excluding hydrogens is 204 g/mol. The minimum atomic E-state index is 0.0104. The van der Waals surface area contributed by atoms with Gasteiger partial charge in [0.2, 0.25) is 0 Å². The zero-order valence-corrected chi connectivity index (χ0v) is 9.82. The Hall–Kier alpha value is -1.29. The van der Waals surface area contributed by atoms with E-state index in [0.717, 1.165) is 30.8 Å². The van der Waals surface area contributed by atoms with E-state index in [9.17, 15) is 4.79 Å². The van der Waals surface area contributed by atoms with Gasteiger partial charge in [-0.1, -0.05) is 6.92 Å². The molecule has 0 bridgehead atoms. The Morgan fingerprint density at radius 1 is 1.69 bits per heavy atom. The summed E-state index contributed by atoms with van der Waals surface area (Å²) in [7, 11) is 0. The van der Waals surface area contributed by atoms with Crippen LogP contribution in [0.4, 0.5) is 0 Å². The molecule has 0 saturated carbocycles. The summed E-state index contributed by atoms with van der Waals surface area (Å²) in [5.74, 6) is 0.0104. The maximum Gasteiger partial charge on any atom is 0.253 e. The minimum Gasteiger partial charge on any atom is -0.373 e. The first-order valence-electron chi connectivity index (χ1n) is 5.78. The SMILES string of the molecule is CC[C@@H](C)NC(=O)c1cc2n(c1)CCOC2. The first-order valence-corrected chi connectivity index (χ1v) is 5.78. The fourth-order valence-electron chi connectivity index (χ4n) is 1.76. The number of nitrogens with zero attached hydrogens (tertiary/aromatic N) is 1. The molecule has 88 valence electrons. The molecule has 1 N–H and O–H groups in total. The van der Waals surface area contributed by atoms with E-state index in [2.05, 4.69) is 16.8 Å². The molecule has 0 unspecified atom stereocenters. The number of fused-ring (bicyclic) bond motifs is 1. The number of carbonyl (C=O) groups is 1. The molecule has 0 spiro atoms. The van der Waals surface area contributed by atoms with Crippen LogP contribution in [0.25, 0.3) is 0 Å². The molecule has 1 aromatic heterocycles. The highest BCUT2D eigenvalue weighted by Crippen LogP contribution is 2.14. The van der Waals surface area contributed by atoms with Gasteiger partial charge in [0.05, 0.1) is 18.8 Å². The number of nitrogens with one attached hydrogen (secondary N) is 1. The number of rotatable bonds is 3. The van der Waals surface area contributed by atoms with Crippen molar-refractivity contribution in [3.8, 4) is 0 Å². The lowest BCUT2D eigenvalue weighted by Crippen LogP contribution is -2.31. The molecule has 0 saturated heterocycles. The fourth-order valence-corrected chi connectivity index (χ4v) is 1.76. The van der Waals surface area contributed by atoms with Crippen molar-refractivity contribution in [2.45, 2.75) is 39.5 Å². The van der Waals surface area contributed by atoms with Crippen LogP contribution >= 0.6 is 0 Å². The zero-order chi connectivity index (χ0) is 11.5. The highest BCUT2D eigenvalue weighted by Gasteiger charge is 2.15.